The van der Waals surface area contributed by atoms with Gasteiger partial charge in [-0.05, 0) is 18.2 Å². The average molecular weight is 324 g/mol. The maximum absolute atomic E-state index is 14.0. The maximum Gasteiger partial charge on any atom is 0.246 e. The van der Waals surface area contributed by atoms with E-state index in [1.54, 1.807) is 33.9 Å². The van der Waals surface area contributed by atoms with Gasteiger partial charge in [0.25, 0.3) is 0 Å². The highest BCUT2D eigenvalue weighted by molar-refractivity contribution is 5.64. The lowest BCUT2D eigenvalue weighted by atomic mass is 10.2. The lowest BCUT2D eigenvalue weighted by Crippen LogP contribution is -1.99. The number of aromatic nitrogens is 5. The van der Waals surface area contributed by atoms with E-state index in [4.69, 9.17) is 10.5 Å². The second-order valence-corrected chi connectivity index (χ2v) is 5.29. The van der Waals surface area contributed by atoms with Gasteiger partial charge in [0.2, 0.25) is 5.88 Å². The fraction of sp³-hybridized carbons (Fsp3) is 0.0625. The maximum atomic E-state index is 14.0. The zero-order chi connectivity index (χ0) is 16.7. The van der Waals surface area contributed by atoms with Crippen molar-refractivity contribution in [1.82, 2.24) is 24.4 Å². The van der Waals surface area contributed by atoms with Crippen molar-refractivity contribution in [3.8, 4) is 22.9 Å². The van der Waals surface area contributed by atoms with E-state index < -0.39 is 5.82 Å². The third-order valence-corrected chi connectivity index (χ3v) is 3.52. The normalized spacial score (nSPS) is 11.1. The van der Waals surface area contributed by atoms with Crippen molar-refractivity contribution in [2.75, 3.05) is 5.73 Å². The summed E-state index contributed by atoms with van der Waals surface area (Å²) in [6.45, 7) is 0. The van der Waals surface area contributed by atoms with Gasteiger partial charge in [-0.15, -0.1) is 0 Å². The summed E-state index contributed by atoms with van der Waals surface area (Å²) in [5.41, 5.74) is 8.13. The molecule has 4 rings (SSSR count). The molecule has 0 spiro atoms. The first-order valence-electron chi connectivity index (χ1n) is 7.16. The summed E-state index contributed by atoms with van der Waals surface area (Å²) in [7, 11) is 1.81. The summed E-state index contributed by atoms with van der Waals surface area (Å²) in [6, 6.07) is 5.87. The molecule has 1 aromatic carbocycles. The first kappa shape index (κ1) is 14.2. The fourth-order valence-electron chi connectivity index (χ4n) is 2.37. The van der Waals surface area contributed by atoms with Crippen molar-refractivity contribution in [3.63, 3.8) is 0 Å². The smallest absolute Gasteiger partial charge is 0.246 e. The summed E-state index contributed by atoms with van der Waals surface area (Å²) in [5.74, 6) is -0.275. The van der Waals surface area contributed by atoms with Crippen molar-refractivity contribution >= 4 is 11.2 Å². The Labute approximate surface area is 136 Å². The summed E-state index contributed by atoms with van der Waals surface area (Å²) < 4.78 is 22.9. The minimum absolute atomic E-state index is 0.00827. The monoisotopic (exact) mass is 324 g/mol. The molecule has 120 valence electrons. The zero-order valence-corrected chi connectivity index (χ0v) is 12.7. The summed E-state index contributed by atoms with van der Waals surface area (Å²) in [4.78, 5) is 4.48. The lowest BCUT2D eigenvalue weighted by Gasteiger charge is -2.09. The number of hydrogen-bond acceptors (Lipinski definition) is 5. The van der Waals surface area contributed by atoms with Gasteiger partial charge in [0.1, 0.15) is 5.52 Å². The van der Waals surface area contributed by atoms with E-state index in [1.807, 2.05) is 13.2 Å². The van der Waals surface area contributed by atoms with Crippen LogP contribution in [-0.2, 0) is 7.05 Å². The van der Waals surface area contributed by atoms with Crippen molar-refractivity contribution in [2.24, 2.45) is 7.05 Å². The Bertz CT molecular complexity index is 1040. The largest absolute Gasteiger partial charge is 0.434 e. The predicted molar refractivity (Wildman–Crippen MR) is 86.1 cm³/mol. The van der Waals surface area contributed by atoms with Crippen LogP contribution in [0, 0.1) is 5.82 Å². The Balaban J connectivity index is 1.84. The number of aryl methyl sites for hydroxylation is 1. The Morgan fingerprint density at radius 2 is 2.04 bits per heavy atom. The second kappa shape index (κ2) is 5.34. The van der Waals surface area contributed by atoms with Crippen LogP contribution in [-0.4, -0.2) is 24.4 Å². The van der Waals surface area contributed by atoms with E-state index in [9.17, 15) is 4.39 Å². The molecule has 8 heteroatoms. The van der Waals surface area contributed by atoms with Crippen LogP contribution in [0.1, 0.15) is 0 Å². The number of ether oxygens (including phenoxy) is 1. The van der Waals surface area contributed by atoms with Crippen molar-refractivity contribution in [3.05, 3.63) is 54.9 Å². The topological polar surface area (TPSA) is 83.3 Å². The first-order valence-corrected chi connectivity index (χ1v) is 7.16. The predicted octanol–water partition coefficient (Wildman–Crippen LogP) is 2.64. The van der Waals surface area contributed by atoms with Gasteiger partial charge in [0, 0.05) is 30.6 Å². The minimum atomic E-state index is -0.518. The van der Waals surface area contributed by atoms with Crippen LogP contribution in [0.4, 0.5) is 10.1 Å². The van der Waals surface area contributed by atoms with E-state index >= 15 is 0 Å². The molecule has 3 aromatic heterocycles. The van der Waals surface area contributed by atoms with Crippen LogP contribution in [0.25, 0.3) is 16.8 Å². The molecule has 0 bridgehead atoms. The molecule has 0 aliphatic carbocycles. The quantitative estimate of drug-likeness (QED) is 0.586. The highest BCUT2D eigenvalue weighted by Gasteiger charge is 2.14. The molecule has 0 saturated heterocycles. The molecule has 3 heterocycles. The Morgan fingerprint density at radius 3 is 2.83 bits per heavy atom. The number of nitrogens with two attached hydrogens (primary N) is 1. The van der Waals surface area contributed by atoms with Crippen molar-refractivity contribution in [1.29, 1.82) is 0 Å². The lowest BCUT2D eigenvalue weighted by molar-refractivity contribution is 0.430. The number of anilines is 1. The van der Waals surface area contributed by atoms with Gasteiger partial charge in [-0.3, -0.25) is 4.68 Å². The van der Waals surface area contributed by atoms with E-state index in [-0.39, 0.29) is 11.6 Å². The Morgan fingerprint density at radius 1 is 1.17 bits per heavy atom. The number of nitrogens with zero attached hydrogens (tertiary/aromatic N) is 5. The summed E-state index contributed by atoms with van der Waals surface area (Å²) in [5, 5.41) is 8.33. The highest BCUT2D eigenvalue weighted by Crippen LogP contribution is 2.30. The number of fused-ring (bicyclic) bond motifs is 1. The number of nitrogen functional groups attached to an aromatic ring is 1. The first-order chi connectivity index (χ1) is 11.6. The fourth-order valence-corrected chi connectivity index (χ4v) is 2.37. The third kappa shape index (κ3) is 2.43. The van der Waals surface area contributed by atoms with E-state index in [1.165, 1.54) is 18.2 Å². The molecular formula is C16H13FN6O. The standard InChI is InChI=1S/C16H13FN6O/c1-22-8-10(7-20-22)13-9-23-14(4-5-19-23)16(21-13)24-15-6-11(18)2-3-12(15)17/h2-9H,18H2,1H3. The highest BCUT2D eigenvalue weighted by atomic mass is 19.1. The zero-order valence-electron chi connectivity index (χ0n) is 12.7. The van der Waals surface area contributed by atoms with Gasteiger partial charge in [-0.2, -0.15) is 10.2 Å². The molecule has 24 heavy (non-hydrogen) atoms. The van der Waals surface area contributed by atoms with Gasteiger partial charge < -0.3 is 10.5 Å². The Kier molecular flexibility index (Phi) is 3.16. The SMILES string of the molecule is Cn1cc(-c2cn3nccc3c(Oc3cc(N)ccc3F)n2)cn1. The van der Waals surface area contributed by atoms with Crippen LogP contribution in [0.5, 0.6) is 11.6 Å². The van der Waals surface area contributed by atoms with Gasteiger partial charge in [-0.25, -0.2) is 13.9 Å². The molecule has 0 fully saturated rings. The molecule has 0 radical (unpaired) electrons. The van der Waals surface area contributed by atoms with Gasteiger partial charge in [-0.1, -0.05) is 0 Å². The van der Waals surface area contributed by atoms with Crippen LogP contribution in [0.15, 0.2) is 49.1 Å². The molecule has 0 amide bonds. The molecule has 0 aliphatic heterocycles. The summed E-state index contributed by atoms with van der Waals surface area (Å²) in [6.07, 6.45) is 6.88. The van der Waals surface area contributed by atoms with E-state index in [2.05, 4.69) is 15.2 Å². The van der Waals surface area contributed by atoms with Crippen LogP contribution in [0.2, 0.25) is 0 Å². The van der Waals surface area contributed by atoms with Crippen molar-refractivity contribution in [2.45, 2.75) is 0 Å². The average Bonchev–Trinajstić information content (AvgIpc) is 3.19. The molecular weight excluding hydrogens is 311 g/mol. The molecule has 7 nitrogen and oxygen atoms in total. The van der Waals surface area contributed by atoms with Crippen molar-refractivity contribution < 1.29 is 9.13 Å². The van der Waals surface area contributed by atoms with E-state index in [0.717, 1.165) is 5.56 Å². The molecule has 0 unspecified atom stereocenters. The number of rotatable bonds is 3. The third-order valence-electron chi connectivity index (χ3n) is 3.52. The van der Waals surface area contributed by atoms with Crippen LogP contribution in [0.3, 0.4) is 0 Å². The molecule has 0 aliphatic rings. The van der Waals surface area contributed by atoms with E-state index in [0.29, 0.717) is 16.9 Å². The second-order valence-electron chi connectivity index (χ2n) is 5.29. The number of halogens is 1. The summed E-state index contributed by atoms with van der Waals surface area (Å²) >= 11 is 0. The van der Waals surface area contributed by atoms with Gasteiger partial charge >= 0.3 is 0 Å². The number of benzene rings is 1. The molecule has 2 N–H and O–H groups in total. The molecule has 4 aromatic rings. The molecule has 0 saturated carbocycles. The minimum Gasteiger partial charge on any atom is -0.434 e. The van der Waals surface area contributed by atoms with Crippen LogP contribution < -0.4 is 10.5 Å². The Hall–Kier alpha value is -3.42. The van der Waals surface area contributed by atoms with Gasteiger partial charge in [0.05, 0.1) is 24.3 Å². The van der Waals surface area contributed by atoms with Crippen LogP contribution >= 0.6 is 0 Å². The van der Waals surface area contributed by atoms with Gasteiger partial charge in [0.15, 0.2) is 11.6 Å². The molecule has 0 atom stereocenters. The number of hydrogen-bond donors (Lipinski definition) is 1.